The van der Waals surface area contributed by atoms with Gasteiger partial charge < -0.3 is 24.7 Å². The highest BCUT2D eigenvalue weighted by atomic mass is 35.5. The molecule has 0 unspecified atom stereocenters. The molecule has 2 aromatic carbocycles. The van der Waals surface area contributed by atoms with Crippen LogP contribution >= 0.6 is 23.2 Å². The van der Waals surface area contributed by atoms with Crippen molar-refractivity contribution in [3.8, 4) is 5.75 Å². The van der Waals surface area contributed by atoms with Gasteiger partial charge in [0.25, 0.3) is 11.8 Å². The zero-order chi connectivity index (χ0) is 26.5. The summed E-state index contributed by atoms with van der Waals surface area (Å²) in [4.78, 5) is 40.7. The van der Waals surface area contributed by atoms with Gasteiger partial charge in [-0.3, -0.25) is 14.4 Å². The third kappa shape index (κ3) is 6.76. The molecule has 0 aliphatic carbocycles. The fourth-order valence-electron chi connectivity index (χ4n) is 4.06. The first-order valence-corrected chi connectivity index (χ1v) is 12.9. The van der Waals surface area contributed by atoms with E-state index in [0.29, 0.717) is 58.3 Å². The average Bonchev–Trinajstić information content (AvgIpc) is 3.28. The first-order valence-electron chi connectivity index (χ1n) is 12.2. The lowest BCUT2D eigenvalue weighted by atomic mass is 10.1. The summed E-state index contributed by atoms with van der Waals surface area (Å²) >= 11 is 12.2. The quantitative estimate of drug-likeness (QED) is 0.475. The molecular weight excluding hydrogens is 517 g/mol. The monoisotopic (exact) mass is 545 g/mol. The standard InChI is InChI=1S/C27H29Cl2N3O5/c1-16(2)21-15-36-23-8-6-19(29)13-20(23)26(34)30-9-3-4-10-32(14-25(33)31-21)27(35)24-12-17-11-18(28)5-7-22(17)37-24/h5-8,11-13,16,21H,3-4,9-10,14-15H2,1-2H3,(H,30,34)(H,31,33)/t21-/m1/s1. The van der Waals surface area contributed by atoms with E-state index in [1.54, 1.807) is 42.5 Å². The van der Waals surface area contributed by atoms with Crippen molar-refractivity contribution in [2.45, 2.75) is 32.7 Å². The van der Waals surface area contributed by atoms with Crippen LogP contribution in [0.15, 0.2) is 46.9 Å². The maximum atomic E-state index is 13.4. The first-order chi connectivity index (χ1) is 17.7. The lowest BCUT2D eigenvalue weighted by Gasteiger charge is -2.26. The number of ether oxygens (including phenoxy) is 1. The maximum Gasteiger partial charge on any atom is 0.290 e. The van der Waals surface area contributed by atoms with Gasteiger partial charge in [-0.2, -0.15) is 0 Å². The summed E-state index contributed by atoms with van der Waals surface area (Å²) in [7, 11) is 0. The number of amides is 3. The Kier molecular flexibility index (Phi) is 8.61. The topological polar surface area (TPSA) is 101 Å². The number of furan rings is 1. The van der Waals surface area contributed by atoms with Gasteiger partial charge in [0, 0.05) is 28.5 Å². The zero-order valence-corrected chi connectivity index (χ0v) is 22.2. The molecule has 1 aliphatic heterocycles. The van der Waals surface area contributed by atoms with Crippen LogP contribution in [-0.2, 0) is 4.79 Å². The predicted octanol–water partition coefficient (Wildman–Crippen LogP) is 4.93. The van der Waals surface area contributed by atoms with Crippen LogP contribution in [0.3, 0.4) is 0 Å². The number of rotatable bonds is 2. The molecule has 10 heteroatoms. The van der Waals surface area contributed by atoms with Gasteiger partial charge in [0.05, 0.1) is 18.2 Å². The van der Waals surface area contributed by atoms with Crippen LogP contribution in [0.25, 0.3) is 11.0 Å². The van der Waals surface area contributed by atoms with E-state index < -0.39 is 5.91 Å². The Morgan fingerprint density at radius 3 is 2.59 bits per heavy atom. The van der Waals surface area contributed by atoms with Crippen LogP contribution in [0.1, 0.15) is 47.6 Å². The Morgan fingerprint density at radius 2 is 1.81 bits per heavy atom. The Morgan fingerprint density at radius 1 is 1.05 bits per heavy atom. The molecule has 3 amide bonds. The third-order valence-corrected chi connectivity index (χ3v) is 6.68. The van der Waals surface area contributed by atoms with Gasteiger partial charge in [-0.1, -0.05) is 37.0 Å². The molecule has 4 rings (SSSR count). The third-order valence-electron chi connectivity index (χ3n) is 6.21. The van der Waals surface area contributed by atoms with Crippen LogP contribution in [0.5, 0.6) is 5.75 Å². The molecule has 0 bridgehead atoms. The molecular formula is C27H29Cl2N3O5. The molecule has 3 aromatic rings. The van der Waals surface area contributed by atoms with E-state index in [2.05, 4.69) is 10.6 Å². The minimum atomic E-state index is -0.393. The number of fused-ring (bicyclic) bond motifs is 2. The van der Waals surface area contributed by atoms with E-state index in [1.807, 2.05) is 13.8 Å². The van der Waals surface area contributed by atoms with E-state index >= 15 is 0 Å². The van der Waals surface area contributed by atoms with Crippen molar-refractivity contribution in [3.05, 3.63) is 63.8 Å². The van der Waals surface area contributed by atoms with Gasteiger partial charge in [0.15, 0.2) is 5.76 Å². The molecule has 1 aliphatic rings. The van der Waals surface area contributed by atoms with Crippen LogP contribution in [0.2, 0.25) is 10.0 Å². The fourth-order valence-corrected chi connectivity index (χ4v) is 4.42. The second-order valence-electron chi connectivity index (χ2n) is 9.35. The molecule has 1 atom stereocenters. The number of nitrogens with one attached hydrogen (secondary N) is 2. The van der Waals surface area contributed by atoms with Crippen LogP contribution < -0.4 is 15.4 Å². The summed E-state index contributed by atoms with van der Waals surface area (Å²) in [6.07, 6.45) is 1.16. The minimum Gasteiger partial charge on any atom is -0.491 e. The normalized spacial score (nSPS) is 17.9. The van der Waals surface area contributed by atoms with Gasteiger partial charge in [0.1, 0.15) is 17.9 Å². The molecule has 0 saturated heterocycles. The fraction of sp³-hybridized carbons (Fsp3) is 0.370. The summed E-state index contributed by atoms with van der Waals surface area (Å²) in [5.41, 5.74) is 0.868. The van der Waals surface area contributed by atoms with E-state index in [0.717, 1.165) is 0 Å². The number of hydrogen-bond acceptors (Lipinski definition) is 5. The molecule has 0 saturated carbocycles. The van der Waals surface area contributed by atoms with Gasteiger partial charge in [-0.05, 0) is 61.2 Å². The van der Waals surface area contributed by atoms with Crippen molar-refractivity contribution in [2.24, 2.45) is 5.92 Å². The molecule has 0 radical (unpaired) electrons. The largest absolute Gasteiger partial charge is 0.491 e. The molecule has 2 N–H and O–H groups in total. The molecule has 196 valence electrons. The second kappa shape index (κ2) is 11.9. The van der Waals surface area contributed by atoms with Crippen molar-refractivity contribution in [2.75, 3.05) is 26.2 Å². The summed E-state index contributed by atoms with van der Waals surface area (Å²) in [5.74, 6) is -0.448. The zero-order valence-electron chi connectivity index (χ0n) is 20.7. The van der Waals surface area contributed by atoms with Gasteiger partial charge in [0.2, 0.25) is 5.91 Å². The molecule has 8 nitrogen and oxygen atoms in total. The van der Waals surface area contributed by atoms with Crippen molar-refractivity contribution >= 4 is 51.9 Å². The lowest BCUT2D eigenvalue weighted by Crippen LogP contribution is -2.48. The number of halogens is 2. The van der Waals surface area contributed by atoms with Crippen molar-refractivity contribution in [1.29, 1.82) is 0 Å². The number of carbonyl (C=O) groups is 3. The molecule has 37 heavy (non-hydrogen) atoms. The number of benzene rings is 2. The maximum absolute atomic E-state index is 13.4. The van der Waals surface area contributed by atoms with Crippen LogP contribution in [0.4, 0.5) is 0 Å². The van der Waals surface area contributed by atoms with E-state index in [9.17, 15) is 14.4 Å². The lowest BCUT2D eigenvalue weighted by molar-refractivity contribution is -0.123. The highest BCUT2D eigenvalue weighted by Crippen LogP contribution is 2.25. The number of nitrogens with zero attached hydrogens (tertiary/aromatic N) is 1. The molecule has 2 heterocycles. The van der Waals surface area contributed by atoms with Gasteiger partial charge in [-0.25, -0.2) is 0 Å². The van der Waals surface area contributed by atoms with E-state index in [1.165, 1.54) is 4.90 Å². The van der Waals surface area contributed by atoms with Crippen LogP contribution in [0, 0.1) is 5.92 Å². The summed E-state index contributed by atoms with van der Waals surface area (Å²) < 4.78 is 11.7. The summed E-state index contributed by atoms with van der Waals surface area (Å²) in [6.45, 7) is 4.62. The average molecular weight is 546 g/mol. The van der Waals surface area contributed by atoms with Crippen LogP contribution in [-0.4, -0.2) is 54.9 Å². The van der Waals surface area contributed by atoms with Crippen molar-refractivity contribution in [1.82, 2.24) is 15.5 Å². The van der Waals surface area contributed by atoms with Gasteiger partial charge >= 0.3 is 0 Å². The molecule has 1 aromatic heterocycles. The van der Waals surface area contributed by atoms with Gasteiger partial charge in [-0.15, -0.1) is 0 Å². The summed E-state index contributed by atoms with van der Waals surface area (Å²) in [6, 6.07) is 11.3. The van der Waals surface area contributed by atoms with Crippen molar-refractivity contribution < 1.29 is 23.5 Å². The summed E-state index contributed by atoms with van der Waals surface area (Å²) in [5, 5.41) is 7.52. The predicted molar refractivity (Wildman–Crippen MR) is 142 cm³/mol. The SMILES string of the molecule is CC(C)[C@H]1COc2ccc(Cl)cc2C(=O)NCCCCN(C(=O)c2cc3cc(Cl)ccc3o2)CC(=O)N1. The van der Waals surface area contributed by atoms with E-state index in [4.69, 9.17) is 32.4 Å². The number of hydrogen-bond donors (Lipinski definition) is 2. The van der Waals surface area contributed by atoms with E-state index in [-0.39, 0.29) is 42.7 Å². The minimum absolute atomic E-state index is 0.0356. The Balaban J connectivity index is 1.56. The number of carbonyl (C=O) groups excluding carboxylic acids is 3. The smallest absolute Gasteiger partial charge is 0.290 e. The molecule has 0 spiro atoms. The highest BCUT2D eigenvalue weighted by Gasteiger charge is 2.25. The Hall–Kier alpha value is -3.23. The Labute approximate surface area is 225 Å². The first kappa shape index (κ1) is 26.8. The van der Waals surface area contributed by atoms with Crippen molar-refractivity contribution in [3.63, 3.8) is 0 Å². The second-order valence-corrected chi connectivity index (χ2v) is 10.2. The molecule has 0 fully saturated rings. The highest BCUT2D eigenvalue weighted by molar-refractivity contribution is 6.31. The Bertz CT molecular complexity index is 1310.